The molecule has 1 N–H and O–H groups in total. The predicted molar refractivity (Wildman–Crippen MR) is 68.7 cm³/mol. The van der Waals surface area contributed by atoms with Crippen LogP contribution in [-0.2, 0) is 0 Å². The minimum Gasteiger partial charge on any atom is -0.389 e. The number of piperazine rings is 1. The van der Waals surface area contributed by atoms with E-state index in [9.17, 15) is 5.11 Å². The van der Waals surface area contributed by atoms with Crippen LogP contribution in [0.3, 0.4) is 0 Å². The number of nitrogens with zero attached hydrogens (tertiary/aromatic N) is 2. The number of rotatable bonds is 4. The fourth-order valence-electron chi connectivity index (χ4n) is 2.53. The van der Waals surface area contributed by atoms with E-state index in [-0.39, 0.29) is 0 Å². The molecule has 3 nitrogen and oxygen atoms in total. The molecule has 0 bridgehead atoms. The van der Waals surface area contributed by atoms with E-state index in [2.05, 4.69) is 44.5 Å². The van der Waals surface area contributed by atoms with E-state index >= 15 is 0 Å². The van der Waals surface area contributed by atoms with Gasteiger partial charge in [0.05, 0.1) is 5.60 Å². The molecule has 1 aliphatic heterocycles. The maximum absolute atomic E-state index is 10.4. The van der Waals surface area contributed by atoms with Gasteiger partial charge in [-0.2, -0.15) is 0 Å². The lowest BCUT2D eigenvalue weighted by Crippen LogP contribution is -2.57. The first-order chi connectivity index (χ1) is 7.41. The SMILES string of the molecule is CCC(O)(CC)CN1CC(C)N(C)C(C)C1. The van der Waals surface area contributed by atoms with Crippen molar-refractivity contribution < 1.29 is 5.11 Å². The first-order valence-corrected chi connectivity index (χ1v) is 6.58. The van der Waals surface area contributed by atoms with Gasteiger partial charge in [0, 0.05) is 31.7 Å². The largest absolute Gasteiger partial charge is 0.389 e. The highest BCUT2D eigenvalue weighted by Crippen LogP contribution is 2.20. The Morgan fingerprint density at radius 2 is 1.56 bits per heavy atom. The van der Waals surface area contributed by atoms with E-state index in [4.69, 9.17) is 0 Å². The molecular formula is C13H28N2O. The van der Waals surface area contributed by atoms with Gasteiger partial charge in [-0.15, -0.1) is 0 Å². The summed E-state index contributed by atoms with van der Waals surface area (Å²) in [6.07, 6.45) is 1.69. The standard InChI is InChI=1S/C13H28N2O/c1-6-13(16,7-2)10-15-8-11(3)14(5)12(4)9-15/h11-12,16H,6-10H2,1-5H3. The molecule has 16 heavy (non-hydrogen) atoms. The van der Waals surface area contributed by atoms with Gasteiger partial charge in [-0.1, -0.05) is 13.8 Å². The summed E-state index contributed by atoms with van der Waals surface area (Å²) in [5, 5.41) is 10.4. The molecule has 1 fully saturated rings. The van der Waals surface area contributed by atoms with Gasteiger partial charge in [0.15, 0.2) is 0 Å². The van der Waals surface area contributed by atoms with E-state index in [1.807, 2.05) is 0 Å². The minimum absolute atomic E-state index is 0.491. The molecule has 0 radical (unpaired) electrons. The topological polar surface area (TPSA) is 26.7 Å². The minimum atomic E-state index is -0.491. The van der Waals surface area contributed by atoms with E-state index in [1.165, 1.54) is 0 Å². The Labute approximate surface area is 100 Å². The molecule has 0 aliphatic carbocycles. The highest BCUT2D eigenvalue weighted by atomic mass is 16.3. The Bertz CT molecular complexity index is 204. The summed E-state index contributed by atoms with van der Waals surface area (Å²) >= 11 is 0. The fraction of sp³-hybridized carbons (Fsp3) is 1.00. The molecule has 2 atom stereocenters. The molecular weight excluding hydrogens is 200 g/mol. The first kappa shape index (κ1) is 13.9. The van der Waals surface area contributed by atoms with Crippen molar-refractivity contribution in [1.29, 1.82) is 0 Å². The van der Waals surface area contributed by atoms with Crippen LogP contribution in [0, 0.1) is 0 Å². The van der Waals surface area contributed by atoms with E-state index in [0.29, 0.717) is 12.1 Å². The lowest BCUT2D eigenvalue weighted by Gasteiger charge is -2.44. The van der Waals surface area contributed by atoms with Crippen LogP contribution in [0.2, 0.25) is 0 Å². The maximum atomic E-state index is 10.4. The molecule has 3 heteroatoms. The lowest BCUT2D eigenvalue weighted by atomic mass is 9.95. The number of likely N-dealkylation sites (N-methyl/N-ethyl adjacent to an activating group) is 1. The van der Waals surface area contributed by atoms with Crippen molar-refractivity contribution >= 4 is 0 Å². The molecule has 96 valence electrons. The predicted octanol–water partition coefficient (Wildman–Crippen LogP) is 1.56. The van der Waals surface area contributed by atoms with Gasteiger partial charge >= 0.3 is 0 Å². The second-order valence-corrected chi connectivity index (χ2v) is 5.49. The molecule has 1 aliphatic rings. The molecule has 0 aromatic carbocycles. The number of aliphatic hydroxyl groups is 1. The summed E-state index contributed by atoms with van der Waals surface area (Å²) < 4.78 is 0. The van der Waals surface area contributed by atoms with E-state index in [1.54, 1.807) is 0 Å². The van der Waals surface area contributed by atoms with Crippen molar-refractivity contribution in [3.63, 3.8) is 0 Å². The van der Waals surface area contributed by atoms with Gasteiger partial charge in [-0.25, -0.2) is 0 Å². The highest BCUT2D eigenvalue weighted by Gasteiger charge is 2.31. The van der Waals surface area contributed by atoms with Crippen LogP contribution < -0.4 is 0 Å². The zero-order chi connectivity index (χ0) is 12.3. The summed E-state index contributed by atoms with van der Waals surface area (Å²) in [7, 11) is 2.19. The van der Waals surface area contributed by atoms with Gasteiger partial charge in [0.1, 0.15) is 0 Å². The zero-order valence-electron chi connectivity index (χ0n) is 11.5. The van der Waals surface area contributed by atoms with Crippen LogP contribution in [-0.4, -0.2) is 59.3 Å². The van der Waals surface area contributed by atoms with E-state index < -0.39 is 5.60 Å². The van der Waals surface area contributed by atoms with Gasteiger partial charge < -0.3 is 5.11 Å². The third-order valence-electron chi connectivity index (χ3n) is 4.27. The van der Waals surface area contributed by atoms with Crippen LogP contribution in [0.25, 0.3) is 0 Å². The quantitative estimate of drug-likeness (QED) is 0.791. The van der Waals surface area contributed by atoms with Crippen molar-refractivity contribution in [2.24, 2.45) is 0 Å². The van der Waals surface area contributed by atoms with Crippen LogP contribution in [0.5, 0.6) is 0 Å². The van der Waals surface area contributed by atoms with Crippen LogP contribution in [0.15, 0.2) is 0 Å². The Hall–Kier alpha value is -0.120. The first-order valence-electron chi connectivity index (χ1n) is 6.58. The molecule has 0 aromatic heterocycles. The smallest absolute Gasteiger partial charge is 0.0768 e. The van der Waals surface area contributed by atoms with Gasteiger partial charge in [-0.3, -0.25) is 9.80 Å². The normalized spacial score (nSPS) is 29.6. The molecule has 0 saturated carbocycles. The van der Waals surface area contributed by atoms with Gasteiger partial charge in [0.25, 0.3) is 0 Å². The second kappa shape index (κ2) is 5.48. The summed E-state index contributed by atoms with van der Waals surface area (Å²) in [5.41, 5.74) is -0.491. The molecule has 1 saturated heterocycles. The third-order valence-corrected chi connectivity index (χ3v) is 4.27. The molecule has 0 aromatic rings. The Morgan fingerprint density at radius 3 is 1.94 bits per heavy atom. The van der Waals surface area contributed by atoms with Gasteiger partial charge in [-0.05, 0) is 33.7 Å². The lowest BCUT2D eigenvalue weighted by molar-refractivity contribution is -0.0319. The molecule has 1 heterocycles. The van der Waals surface area contributed by atoms with Gasteiger partial charge in [0.2, 0.25) is 0 Å². The van der Waals surface area contributed by atoms with Crippen LogP contribution >= 0.6 is 0 Å². The van der Waals surface area contributed by atoms with Crippen molar-refractivity contribution in [3.8, 4) is 0 Å². The average molecular weight is 228 g/mol. The molecule has 0 amide bonds. The van der Waals surface area contributed by atoms with Crippen molar-refractivity contribution in [2.75, 3.05) is 26.7 Å². The fourth-order valence-corrected chi connectivity index (χ4v) is 2.53. The third kappa shape index (κ3) is 3.19. The maximum Gasteiger partial charge on any atom is 0.0768 e. The Kier molecular flexibility index (Phi) is 4.77. The van der Waals surface area contributed by atoms with Crippen molar-refractivity contribution in [2.45, 2.75) is 58.2 Å². The molecule has 2 unspecified atom stereocenters. The molecule has 1 rings (SSSR count). The highest BCUT2D eigenvalue weighted by molar-refractivity contribution is 4.87. The van der Waals surface area contributed by atoms with Crippen LogP contribution in [0.1, 0.15) is 40.5 Å². The Morgan fingerprint density at radius 1 is 1.12 bits per heavy atom. The number of hydrogen-bond acceptors (Lipinski definition) is 3. The number of hydrogen-bond donors (Lipinski definition) is 1. The molecule has 0 spiro atoms. The summed E-state index contributed by atoms with van der Waals surface area (Å²) in [6.45, 7) is 11.6. The summed E-state index contributed by atoms with van der Waals surface area (Å²) in [4.78, 5) is 4.84. The number of β-amino-alcohol motifs (C(OH)–C–C–N with tert-alkyl or cyclic N) is 1. The monoisotopic (exact) mass is 228 g/mol. The Balaban J connectivity index is 2.56. The van der Waals surface area contributed by atoms with Crippen molar-refractivity contribution in [1.82, 2.24) is 9.80 Å². The average Bonchev–Trinajstić information content (AvgIpc) is 2.25. The zero-order valence-corrected chi connectivity index (χ0v) is 11.5. The summed E-state index contributed by atoms with van der Waals surface area (Å²) in [5.74, 6) is 0. The van der Waals surface area contributed by atoms with Crippen LogP contribution in [0.4, 0.5) is 0 Å². The van der Waals surface area contributed by atoms with E-state index in [0.717, 1.165) is 32.5 Å². The summed E-state index contributed by atoms with van der Waals surface area (Å²) in [6, 6.07) is 1.17. The second-order valence-electron chi connectivity index (χ2n) is 5.49. The van der Waals surface area contributed by atoms with Crippen molar-refractivity contribution in [3.05, 3.63) is 0 Å².